The average Bonchev–Trinajstić information content (AvgIpc) is 2.03. The molecule has 0 aliphatic carbocycles. The summed E-state index contributed by atoms with van der Waals surface area (Å²) in [5, 5.41) is 8.98. The summed E-state index contributed by atoms with van der Waals surface area (Å²) in [7, 11) is 0. The molecule has 0 saturated carbocycles. The molecule has 0 radical (unpaired) electrons. The fourth-order valence-electron chi connectivity index (χ4n) is 0.929. The molecule has 0 fully saturated rings. The van der Waals surface area contributed by atoms with Crippen LogP contribution in [0, 0.1) is 6.92 Å². The molecule has 1 rings (SSSR count). The largest absolute Gasteiger partial charge is 0.491 e. The van der Waals surface area contributed by atoms with Gasteiger partial charge in [0.05, 0.1) is 6.10 Å². The Morgan fingerprint density at radius 1 is 1.42 bits per heavy atom. The Morgan fingerprint density at radius 3 is 2.67 bits per heavy atom. The van der Waals surface area contributed by atoms with E-state index in [1.54, 1.807) is 6.92 Å². The van der Waals surface area contributed by atoms with Crippen LogP contribution in [0.1, 0.15) is 12.5 Å². The number of ether oxygens (including phenoxy) is 1. The zero-order valence-corrected chi connectivity index (χ0v) is 7.45. The molecule has 0 aromatic heterocycles. The predicted molar refractivity (Wildman–Crippen MR) is 48.4 cm³/mol. The lowest BCUT2D eigenvalue weighted by atomic mass is 10.2. The quantitative estimate of drug-likeness (QED) is 0.741. The van der Waals surface area contributed by atoms with Crippen LogP contribution in [0.2, 0.25) is 0 Å². The first kappa shape index (κ1) is 9.07. The van der Waals surface area contributed by atoms with Crippen LogP contribution in [-0.2, 0) is 0 Å². The Labute approximate surface area is 72.8 Å². The van der Waals surface area contributed by atoms with Gasteiger partial charge < -0.3 is 9.84 Å². The molecule has 1 aromatic rings. The molecule has 0 heterocycles. The zero-order valence-electron chi connectivity index (χ0n) is 7.45. The van der Waals surface area contributed by atoms with E-state index in [0.29, 0.717) is 6.61 Å². The summed E-state index contributed by atoms with van der Waals surface area (Å²) in [6, 6.07) is 7.77. The minimum atomic E-state index is -0.412. The second-order valence-corrected chi connectivity index (χ2v) is 2.93. The van der Waals surface area contributed by atoms with E-state index in [-0.39, 0.29) is 0 Å². The maximum atomic E-state index is 8.98. The zero-order chi connectivity index (χ0) is 8.97. The topological polar surface area (TPSA) is 29.5 Å². The second-order valence-electron chi connectivity index (χ2n) is 2.93. The molecule has 12 heavy (non-hydrogen) atoms. The van der Waals surface area contributed by atoms with Gasteiger partial charge in [-0.15, -0.1) is 0 Å². The van der Waals surface area contributed by atoms with Crippen molar-refractivity contribution in [2.45, 2.75) is 20.0 Å². The molecule has 2 nitrogen and oxygen atoms in total. The number of hydrogen-bond donors (Lipinski definition) is 1. The molecule has 1 N–H and O–H groups in total. The number of rotatable bonds is 3. The minimum Gasteiger partial charge on any atom is -0.491 e. The van der Waals surface area contributed by atoms with E-state index in [4.69, 9.17) is 9.84 Å². The number of benzene rings is 1. The maximum absolute atomic E-state index is 8.98. The lowest BCUT2D eigenvalue weighted by molar-refractivity contribution is 0.122. The van der Waals surface area contributed by atoms with Gasteiger partial charge in [0, 0.05) is 0 Å². The molecule has 66 valence electrons. The van der Waals surface area contributed by atoms with Crippen LogP contribution in [0.15, 0.2) is 24.3 Å². The first-order valence-corrected chi connectivity index (χ1v) is 4.06. The van der Waals surface area contributed by atoms with Crippen molar-refractivity contribution in [3.8, 4) is 5.75 Å². The fourth-order valence-corrected chi connectivity index (χ4v) is 0.929. The van der Waals surface area contributed by atoms with Gasteiger partial charge in [-0.3, -0.25) is 0 Å². The van der Waals surface area contributed by atoms with Crippen molar-refractivity contribution in [3.05, 3.63) is 29.8 Å². The van der Waals surface area contributed by atoms with Crippen molar-refractivity contribution >= 4 is 0 Å². The van der Waals surface area contributed by atoms with Gasteiger partial charge in [0.2, 0.25) is 0 Å². The van der Waals surface area contributed by atoms with Crippen molar-refractivity contribution in [2.75, 3.05) is 6.61 Å². The molecule has 0 saturated heterocycles. The van der Waals surface area contributed by atoms with Gasteiger partial charge in [0.1, 0.15) is 12.4 Å². The summed E-state index contributed by atoms with van der Waals surface area (Å²) in [4.78, 5) is 0. The summed E-state index contributed by atoms with van der Waals surface area (Å²) in [6.07, 6.45) is -0.412. The lowest BCUT2D eigenvalue weighted by Gasteiger charge is -2.09. The third-order valence-corrected chi connectivity index (χ3v) is 1.57. The van der Waals surface area contributed by atoms with Gasteiger partial charge in [-0.2, -0.15) is 0 Å². The normalized spacial score (nSPS) is 12.6. The monoisotopic (exact) mass is 166 g/mol. The summed E-state index contributed by atoms with van der Waals surface area (Å²) < 4.78 is 5.35. The van der Waals surface area contributed by atoms with Crippen LogP contribution < -0.4 is 4.74 Å². The summed E-state index contributed by atoms with van der Waals surface area (Å²) in [6.45, 7) is 4.04. The Morgan fingerprint density at radius 2 is 2.08 bits per heavy atom. The van der Waals surface area contributed by atoms with Crippen molar-refractivity contribution < 1.29 is 9.84 Å². The summed E-state index contributed by atoms with van der Waals surface area (Å²) >= 11 is 0. The van der Waals surface area contributed by atoms with E-state index in [2.05, 4.69) is 0 Å². The van der Waals surface area contributed by atoms with Crippen molar-refractivity contribution in [2.24, 2.45) is 0 Å². The van der Waals surface area contributed by atoms with Crippen LogP contribution in [-0.4, -0.2) is 17.8 Å². The number of aliphatic hydroxyl groups excluding tert-OH is 1. The SMILES string of the molecule is Cc1ccccc1OC[C@@H](C)O. The van der Waals surface area contributed by atoms with Gasteiger partial charge in [0.15, 0.2) is 0 Å². The number of para-hydroxylation sites is 1. The highest BCUT2D eigenvalue weighted by molar-refractivity contribution is 5.31. The molecule has 0 aliphatic rings. The Balaban J connectivity index is 2.57. The van der Waals surface area contributed by atoms with Crippen LogP contribution in [0.4, 0.5) is 0 Å². The molecular weight excluding hydrogens is 152 g/mol. The third-order valence-electron chi connectivity index (χ3n) is 1.57. The maximum Gasteiger partial charge on any atom is 0.122 e. The third kappa shape index (κ3) is 2.55. The smallest absolute Gasteiger partial charge is 0.122 e. The van der Waals surface area contributed by atoms with Crippen LogP contribution >= 0.6 is 0 Å². The fraction of sp³-hybridized carbons (Fsp3) is 0.400. The predicted octanol–water partition coefficient (Wildman–Crippen LogP) is 1.75. The van der Waals surface area contributed by atoms with E-state index < -0.39 is 6.10 Å². The van der Waals surface area contributed by atoms with E-state index in [1.807, 2.05) is 31.2 Å². The highest BCUT2D eigenvalue weighted by Crippen LogP contribution is 2.15. The van der Waals surface area contributed by atoms with Gasteiger partial charge in [-0.05, 0) is 25.5 Å². The van der Waals surface area contributed by atoms with Crippen LogP contribution in [0.3, 0.4) is 0 Å². The number of aliphatic hydroxyl groups is 1. The second kappa shape index (κ2) is 4.12. The Bertz CT molecular complexity index is 243. The molecule has 1 aromatic carbocycles. The lowest BCUT2D eigenvalue weighted by Crippen LogP contribution is -2.13. The first-order valence-electron chi connectivity index (χ1n) is 4.06. The molecule has 1 atom stereocenters. The highest BCUT2D eigenvalue weighted by atomic mass is 16.5. The van der Waals surface area contributed by atoms with Crippen molar-refractivity contribution in [1.29, 1.82) is 0 Å². The number of hydrogen-bond acceptors (Lipinski definition) is 2. The molecule has 0 bridgehead atoms. The average molecular weight is 166 g/mol. The van der Waals surface area contributed by atoms with Gasteiger partial charge in [0.25, 0.3) is 0 Å². The van der Waals surface area contributed by atoms with E-state index in [1.165, 1.54) is 0 Å². The molecule has 0 spiro atoms. The van der Waals surface area contributed by atoms with Gasteiger partial charge in [-0.1, -0.05) is 18.2 Å². The summed E-state index contributed by atoms with van der Waals surface area (Å²) in [5.41, 5.74) is 1.10. The van der Waals surface area contributed by atoms with Crippen LogP contribution in [0.25, 0.3) is 0 Å². The highest BCUT2D eigenvalue weighted by Gasteiger charge is 1.99. The van der Waals surface area contributed by atoms with Crippen molar-refractivity contribution in [1.82, 2.24) is 0 Å². The van der Waals surface area contributed by atoms with Gasteiger partial charge in [-0.25, -0.2) is 0 Å². The first-order chi connectivity index (χ1) is 5.70. The van der Waals surface area contributed by atoms with E-state index >= 15 is 0 Å². The molecule has 0 unspecified atom stereocenters. The van der Waals surface area contributed by atoms with Crippen molar-refractivity contribution in [3.63, 3.8) is 0 Å². The van der Waals surface area contributed by atoms with E-state index in [0.717, 1.165) is 11.3 Å². The minimum absolute atomic E-state index is 0.352. The summed E-state index contributed by atoms with van der Waals surface area (Å²) in [5.74, 6) is 0.846. The standard InChI is InChI=1S/C10H14O2/c1-8-5-3-4-6-10(8)12-7-9(2)11/h3-6,9,11H,7H2,1-2H3/t9-/m1/s1. The van der Waals surface area contributed by atoms with Gasteiger partial charge >= 0.3 is 0 Å². The number of aryl methyl sites for hydroxylation is 1. The molecule has 2 heteroatoms. The Hall–Kier alpha value is -1.02. The van der Waals surface area contributed by atoms with Crippen LogP contribution in [0.5, 0.6) is 5.75 Å². The van der Waals surface area contributed by atoms with E-state index in [9.17, 15) is 0 Å². The Kier molecular flexibility index (Phi) is 3.11. The molecular formula is C10H14O2. The molecule has 0 amide bonds. The molecule has 0 aliphatic heterocycles.